The molecule has 2 aromatic rings. The highest BCUT2D eigenvalue weighted by atomic mass is 15.1. The summed E-state index contributed by atoms with van der Waals surface area (Å²) in [5, 5.41) is 6.37. The van der Waals surface area contributed by atoms with Gasteiger partial charge in [0.05, 0.1) is 6.04 Å². The molecule has 2 heterocycles. The number of hydrogen-bond acceptors (Lipinski definition) is 4. The molecule has 2 aromatic heterocycles. The lowest BCUT2D eigenvalue weighted by molar-refractivity contribution is 0.871. The first-order valence-corrected chi connectivity index (χ1v) is 5.61. The molecule has 2 N–H and O–H groups in total. The zero-order chi connectivity index (χ0) is 12.1. The molecule has 0 saturated heterocycles. The molecule has 1 unspecified atom stereocenters. The van der Waals surface area contributed by atoms with Crippen LogP contribution in [-0.4, -0.2) is 17.0 Å². The number of rotatable bonds is 4. The van der Waals surface area contributed by atoms with Gasteiger partial charge in [0.25, 0.3) is 0 Å². The third-order valence-electron chi connectivity index (χ3n) is 2.58. The molecular weight excluding hydrogens is 212 g/mol. The van der Waals surface area contributed by atoms with Crippen LogP contribution in [0.2, 0.25) is 0 Å². The van der Waals surface area contributed by atoms with Crippen LogP contribution in [0, 0.1) is 0 Å². The Kier molecular flexibility index (Phi) is 3.55. The van der Waals surface area contributed by atoms with E-state index in [-0.39, 0.29) is 6.04 Å². The number of pyridine rings is 2. The van der Waals surface area contributed by atoms with E-state index in [0.29, 0.717) is 0 Å². The molecule has 0 radical (unpaired) electrons. The van der Waals surface area contributed by atoms with Gasteiger partial charge in [-0.2, -0.15) is 0 Å². The average Bonchev–Trinajstić information content (AvgIpc) is 2.40. The third-order valence-corrected chi connectivity index (χ3v) is 2.58. The number of nitrogens with zero attached hydrogens (tertiary/aromatic N) is 2. The molecule has 4 nitrogen and oxygen atoms in total. The van der Waals surface area contributed by atoms with Crippen LogP contribution in [0.25, 0.3) is 0 Å². The van der Waals surface area contributed by atoms with E-state index in [1.54, 1.807) is 12.4 Å². The summed E-state index contributed by atoms with van der Waals surface area (Å²) in [5.41, 5.74) is 1.19. The van der Waals surface area contributed by atoms with Gasteiger partial charge in [-0.1, -0.05) is 6.07 Å². The van der Waals surface area contributed by atoms with Gasteiger partial charge >= 0.3 is 0 Å². The minimum atomic E-state index is 0.206. The van der Waals surface area contributed by atoms with Crippen molar-refractivity contribution >= 4 is 11.6 Å². The van der Waals surface area contributed by atoms with Gasteiger partial charge in [-0.15, -0.1) is 0 Å². The zero-order valence-corrected chi connectivity index (χ0v) is 10.0. The van der Waals surface area contributed by atoms with Crippen molar-refractivity contribution in [1.29, 1.82) is 0 Å². The van der Waals surface area contributed by atoms with E-state index in [1.165, 1.54) is 5.56 Å². The normalized spacial score (nSPS) is 11.9. The Labute approximate surface area is 101 Å². The number of aromatic nitrogens is 2. The van der Waals surface area contributed by atoms with E-state index in [2.05, 4.69) is 27.5 Å². The van der Waals surface area contributed by atoms with Gasteiger partial charge in [0.15, 0.2) is 0 Å². The van der Waals surface area contributed by atoms with Gasteiger partial charge in [-0.25, -0.2) is 4.98 Å². The van der Waals surface area contributed by atoms with Crippen LogP contribution in [-0.2, 0) is 0 Å². The number of hydrogen-bond donors (Lipinski definition) is 2. The quantitative estimate of drug-likeness (QED) is 0.844. The second-order valence-electron chi connectivity index (χ2n) is 3.80. The van der Waals surface area contributed by atoms with Gasteiger partial charge in [-0.05, 0) is 36.8 Å². The molecule has 0 spiro atoms. The van der Waals surface area contributed by atoms with Gasteiger partial charge in [-0.3, -0.25) is 4.98 Å². The van der Waals surface area contributed by atoms with Crippen molar-refractivity contribution in [1.82, 2.24) is 9.97 Å². The molecule has 0 aliphatic heterocycles. The Morgan fingerprint density at radius 2 is 1.76 bits per heavy atom. The Balaban J connectivity index is 2.10. The van der Waals surface area contributed by atoms with E-state index >= 15 is 0 Å². The predicted molar refractivity (Wildman–Crippen MR) is 70.1 cm³/mol. The number of anilines is 2. The van der Waals surface area contributed by atoms with Gasteiger partial charge in [0.1, 0.15) is 11.6 Å². The van der Waals surface area contributed by atoms with Gasteiger partial charge < -0.3 is 10.6 Å². The minimum absolute atomic E-state index is 0.206. The molecule has 17 heavy (non-hydrogen) atoms. The van der Waals surface area contributed by atoms with Crippen molar-refractivity contribution < 1.29 is 0 Å². The average molecular weight is 228 g/mol. The summed E-state index contributed by atoms with van der Waals surface area (Å²) in [5.74, 6) is 1.72. The van der Waals surface area contributed by atoms with Crippen LogP contribution in [0.4, 0.5) is 11.6 Å². The monoisotopic (exact) mass is 228 g/mol. The molecule has 4 heteroatoms. The summed E-state index contributed by atoms with van der Waals surface area (Å²) in [6.07, 6.45) is 3.59. The summed E-state index contributed by atoms with van der Waals surface area (Å²) < 4.78 is 0. The van der Waals surface area contributed by atoms with E-state index in [1.807, 2.05) is 37.4 Å². The standard InChI is InChI=1S/C13H16N4/c1-10(11-6-8-15-9-7-11)16-13-5-3-4-12(14-2)17-13/h3-10H,1-2H3,(H2,14,16,17). The second kappa shape index (κ2) is 5.30. The maximum Gasteiger partial charge on any atom is 0.128 e. The molecule has 0 amide bonds. The molecule has 0 aromatic carbocycles. The van der Waals surface area contributed by atoms with Crippen LogP contribution in [0.1, 0.15) is 18.5 Å². The van der Waals surface area contributed by atoms with Gasteiger partial charge in [0.2, 0.25) is 0 Å². The third kappa shape index (κ3) is 2.93. The Morgan fingerprint density at radius 1 is 1.06 bits per heavy atom. The molecule has 0 saturated carbocycles. The molecule has 1 atom stereocenters. The molecular formula is C13H16N4. The molecule has 88 valence electrons. The Hall–Kier alpha value is -2.10. The fourth-order valence-corrected chi connectivity index (χ4v) is 1.61. The first kappa shape index (κ1) is 11.4. The van der Waals surface area contributed by atoms with Crippen molar-refractivity contribution in [2.45, 2.75) is 13.0 Å². The minimum Gasteiger partial charge on any atom is -0.373 e. The van der Waals surface area contributed by atoms with Gasteiger partial charge in [0, 0.05) is 19.4 Å². The lowest BCUT2D eigenvalue weighted by atomic mass is 10.1. The molecule has 0 aliphatic rings. The second-order valence-corrected chi connectivity index (χ2v) is 3.80. The molecule has 0 bridgehead atoms. The molecule has 0 fully saturated rings. The molecule has 0 aliphatic carbocycles. The van der Waals surface area contributed by atoms with E-state index < -0.39 is 0 Å². The van der Waals surface area contributed by atoms with Crippen LogP contribution < -0.4 is 10.6 Å². The van der Waals surface area contributed by atoms with Crippen LogP contribution in [0.5, 0.6) is 0 Å². The highest BCUT2D eigenvalue weighted by Gasteiger charge is 2.05. The lowest BCUT2D eigenvalue weighted by Gasteiger charge is -2.15. The number of nitrogens with one attached hydrogen (secondary N) is 2. The largest absolute Gasteiger partial charge is 0.373 e. The SMILES string of the molecule is CNc1cccc(NC(C)c2ccncc2)n1. The van der Waals surface area contributed by atoms with Crippen molar-refractivity contribution in [2.24, 2.45) is 0 Å². The first-order chi connectivity index (χ1) is 8.29. The molecule has 2 rings (SSSR count). The van der Waals surface area contributed by atoms with Crippen molar-refractivity contribution in [3.05, 3.63) is 48.3 Å². The smallest absolute Gasteiger partial charge is 0.128 e. The summed E-state index contributed by atoms with van der Waals surface area (Å²) >= 11 is 0. The highest BCUT2D eigenvalue weighted by Crippen LogP contribution is 2.17. The fourth-order valence-electron chi connectivity index (χ4n) is 1.61. The van der Waals surface area contributed by atoms with Crippen LogP contribution in [0.15, 0.2) is 42.7 Å². The topological polar surface area (TPSA) is 49.8 Å². The summed E-state index contributed by atoms with van der Waals surface area (Å²) in [6, 6.07) is 10.1. The lowest BCUT2D eigenvalue weighted by Crippen LogP contribution is -2.08. The summed E-state index contributed by atoms with van der Waals surface area (Å²) in [6.45, 7) is 2.10. The highest BCUT2D eigenvalue weighted by molar-refractivity contribution is 5.46. The van der Waals surface area contributed by atoms with Crippen molar-refractivity contribution in [2.75, 3.05) is 17.7 Å². The van der Waals surface area contributed by atoms with E-state index in [4.69, 9.17) is 0 Å². The Morgan fingerprint density at radius 3 is 2.47 bits per heavy atom. The van der Waals surface area contributed by atoms with E-state index in [0.717, 1.165) is 11.6 Å². The maximum absolute atomic E-state index is 4.42. The zero-order valence-electron chi connectivity index (χ0n) is 10.0. The van der Waals surface area contributed by atoms with Crippen LogP contribution >= 0.6 is 0 Å². The van der Waals surface area contributed by atoms with Crippen molar-refractivity contribution in [3.63, 3.8) is 0 Å². The summed E-state index contributed by atoms with van der Waals surface area (Å²) in [7, 11) is 1.86. The fraction of sp³-hybridized carbons (Fsp3) is 0.231. The van der Waals surface area contributed by atoms with Crippen LogP contribution in [0.3, 0.4) is 0 Å². The first-order valence-electron chi connectivity index (χ1n) is 5.61. The van der Waals surface area contributed by atoms with E-state index in [9.17, 15) is 0 Å². The maximum atomic E-state index is 4.42. The van der Waals surface area contributed by atoms with Crippen molar-refractivity contribution in [3.8, 4) is 0 Å². The summed E-state index contributed by atoms with van der Waals surface area (Å²) in [4.78, 5) is 8.43. The Bertz CT molecular complexity index is 470. The predicted octanol–water partition coefficient (Wildman–Crippen LogP) is 2.69.